The molecule has 1 fully saturated rings. The van der Waals surface area contributed by atoms with Crippen molar-refractivity contribution >= 4 is 5.97 Å². The number of likely N-dealkylation sites (tertiary alicyclic amines) is 1. The van der Waals surface area contributed by atoms with Crippen LogP contribution in [-0.2, 0) is 27.4 Å². The normalized spacial score (nSPS) is 16.5. The highest BCUT2D eigenvalue weighted by atomic mass is 16.5. The Labute approximate surface area is 142 Å². The third kappa shape index (κ3) is 4.45. The van der Waals surface area contributed by atoms with Crippen LogP contribution in [0.15, 0.2) is 4.79 Å². The Hall–Kier alpha value is -1.67. The molecule has 1 aliphatic heterocycles. The number of ether oxygens (including phenoxy) is 2. The molecule has 1 aromatic rings. The molecule has 8 nitrogen and oxygen atoms in total. The highest BCUT2D eigenvalue weighted by Gasteiger charge is 2.27. The lowest BCUT2D eigenvalue weighted by Crippen LogP contribution is -2.38. The zero-order chi connectivity index (χ0) is 17.5. The minimum absolute atomic E-state index is 0.0708. The molecule has 136 valence electrons. The van der Waals surface area contributed by atoms with Gasteiger partial charge in [-0.2, -0.15) is 5.10 Å². The lowest BCUT2D eigenvalue weighted by Gasteiger charge is -2.30. The lowest BCUT2D eigenvalue weighted by molar-refractivity contribution is -0.144. The van der Waals surface area contributed by atoms with Crippen molar-refractivity contribution in [1.29, 1.82) is 0 Å². The Morgan fingerprint density at radius 2 is 2.00 bits per heavy atom. The first-order valence-corrected chi connectivity index (χ1v) is 8.65. The van der Waals surface area contributed by atoms with Crippen molar-refractivity contribution in [2.75, 3.05) is 40.0 Å². The average molecular weight is 340 g/mol. The number of hydrogen-bond acceptors (Lipinski definition) is 6. The van der Waals surface area contributed by atoms with Gasteiger partial charge in [-0.15, -0.1) is 0 Å². The van der Waals surface area contributed by atoms with E-state index < -0.39 is 0 Å². The van der Waals surface area contributed by atoms with Gasteiger partial charge in [-0.1, -0.05) is 0 Å². The lowest BCUT2D eigenvalue weighted by atomic mass is 9.96. The number of methoxy groups -OCH3 is 1. The summed E-state index contributed by atoms with van der Waals surface area (Å²) in [5, 5.41) is 4.53. The van der Waals surface area contributed by atoms with Gasteiger partial charge in [0.2, 0.25) is 0 Å². The van der Waals surface area contributed by atoms with Crippen LogP contribution in [0, 0.1) is 0 Å². The average Bonchev–Trinajstić information content (AvgIpc) is 2.89. The van der Waals surface area contributed by atoms with Crippen LogP contribution in [-0.4, -0.2) is 65.2 Å². The van der Waals surface area contributed by atoms with E-state index in [0.717, 1.165) is 31.8 Å². The van der Waals surface area contributed by atoms with Crippen LogP contribution in [0.25, 0.3) is 0 Å². The third-order valence-electron chi connectivity index (χ3n) is 4.39. The Morgan fingerprint density at radius 1 is 1.29 bits per heavy atom. The second-order valence-electron chi connectivity index (χ2n) is 5.96. The quantitative estimate of drug-likeness (QED) is 0.640. The number of rotatable bonds is 8. The highest BCUT2D eigenvalue weighted by Crippen LogP contribution is 2.26. The van der Waals surface area contributed by atoms with Gasteiger partial charge in [-0.3, -0.25) is 14.3 Å². The smallest absolute Gasteiger partial charge is 0.345 e. The summed E-state index contributed by atoms with van der Waals surface area (Å²) in [6, 6.07) is 0. The first kappa shape index (κ1) is 18.7. The number of carbonyl (C=O) groups excluding carboxylic acids is 1. The maximum absolute atomic E-state index is 12.4. The fraction of sp³-hybridized carbons (Fsp3) is 0.812. The van der Waals surface area contributed by atoms with Crippen LogP contribution in [0.1, 0.15) is 38.4 Å². The van der Waals surface area contributed by atoms with Gasteiger partial charge in [0.25, 0.3) is 0 Å². The molecule has 0 bridgehead atoms. The molecule has 0 N–H and O–H groups in total. The fourth-order valence-corrected chi connectivity index (χ4v) is 3.12. The van der Waals surface area contributed by atoms with Crippen LogP contribution in [0.3, 0.4) is 0 Å². The number of esters is 1. The first-order valence-electron chi connectivity index (χ1n) is 8.65. The van der Waals surface area contributed by atoms with E-state index in [0.29, 0.717) is 32.8 Å². The second-order valence-corrected chi connectivity index (χ2v) is 5.96. The van der Waals surface area contributed by atoms with Crippen molar-refractivity contribution in [3.63, 3.8) is 0 Å². The molecule has 0 saturated carbocycles. The minimum atomic E-state index is -0.176. The van der Waals surface area contributed by atoms with Gasteiger partial charge in [0.05, 0.1) is 26.3 Å². The molecule has 1 aromatic heterocycles. The summed E-state index contributed by atoms with van der Waals surface area (Å²) < 4.78 is 13.3. The summed E-state index contributed by atoms with van der Waals surface area (Å²) in [6.07, 6.45) is 1.78. The van der Waals surface area contributed by atoms with Crippen molar-refractivity contribution in [2.24, 2.45) is 0 Å². The number of piperidine rings is 1. The molecule has 0 unspecified atom stereocenters. The van der Waals surface area contributed by atoms with Crippen LogP contribution < -0.4 is 5.69 Å². The van der Waals surface area contributed by atoms with Crippen LogP contribution in [0.4, 0.5) is 0 Å². The first-order chi connectivity index (χ1) is 11.6. The zero-order valence-corrected chi connectivity index (χ0v) is 14.9. The molecule has 1 saturated heterocycles. The Morgan fingerprint density at radius 3 is 2.58 bits per heavy atom. The summed E-state index contributed by atoms with van der Waals surface area (Å²) in [5.74, 6) is 0.930. The summed E-state index contributed by atoms with van der Waals surface area (Å²) in [7, 11) is 1.61. The molecule has 0 aliphatic carbocycles. The third-order valence-corrected chi connectivity index (χ3v) is 4.39. The van der Waals surface area contributed by atoms with Gasteiger partial charge < -0.3 is 9.47 Å². The Bertz CT molecular complexity index is 587. The molecule has 0 atom stereocenters. The summed E-state index contributed by atoms with van der Waals surface area (Å²) in [4.78, 5) is 26.1. The van der Waals surface area contributed by atoms with Crippen molar-refractivity contribution in [2.45, 2.75) is 45.7 Å². The molecular formula is C16H28N4O4. The summed E-state index contributed by atoms with van der Waals surface area (Å²) in [5.41, 5.74) is -0.0708. The van der Waals surface area contributed by atoms with Crippen LogP contribution in [0.5, 0.6) is 0 Å². The van der Waals surface area contributed by atoms with E-state index in [1.165, 1.54) is 4.68 Å². The zero-order valence-electron chi connectivity index (χ0n) is 14.9. The van der Waals surface area contributed by atoms with E-state index in [1.807, 2.05) is 13.8 Å². The Kier molecular flexibility index (Phi) is 6.99. The number of hydrogen-bond donors (Lipinski definition) is 0. The second kappa shape index (κ2) is 8.98. The fourth-order valence-electron chi connectivity index (χ4n) is 3.12. The van der Waals surface area contributed by atoms with Crippen LogP contribution in [0.2, 0.25) is 0 Å². The van der Waals surface area contributed by atoms with Gasteiger partial charge in [-0.05, 0) is 39.8 Å². The number of aromatic nitrogens is 3. The van der Waals surface area contributed by atoms with E-state index in [9.17, 15) is 9.59 Å². The molecule has 1 aliphatic rings. The predicted octanol–water partition coefficient (Wildman–Crippen LogP) is 0.454. The van der Waals surface area contributed by atoms with Crippen molar-refractivity contribution < 1.29 is 14.3 Å². The molecule has 0 spiro atoms. The van der Waals surface area contributed by atoms with Gasteiger partial charge in [0.15, 0.2) is 0 Å². The van der Waals surface area contributed by atoms with Gasteiger partial charge in [-0.25, -0.2) is 9.48 Å². The molecule has 0 radical (unpaired) electrons. The topological polar surface area (TPSA) is 78.6 Å². The van der Waals surface area contributed by atoms with E-state index in [4.69, 9.17) is 9.47 Å². The van der Waals surface area contributed by atoms with Crippen molar-refractivity contribution in [3.8, 4) is 0 Å². The molecular weight excluding hydrogens is 312 g/mol. The van der Waals surface area contributed by atoms with Gasteiger partial charge in [0.1, 0.15) is 5.82 Å². The molecule has 0 amide bonds. The predicted molar refractivity (Wildman–Crippen MR) is 89.1 cm³/mol. The monoisotopic (exact) mass is 340 g/mol. The van der Waals surface area contributed by atoms with Gasteiger partial charge in [0, 0.05) is 19.6 Å². The molecule has 2 heterocycles. The van der Waals surface area contributed by atoms with Crippen LogP contribution >= 0.6 is 0 Å². The molecule has 2 rings (SSSR count). The maximum atomic E-state index is 12.4. The van der Waals surface area contributed by atoms with Crippen molar-refractivity contribution in [3.05, 3.63) is 16.3 Å². The SMILES string of the molecule is CCOC(=O)CN1CCC(c2nn(CCOC)c(=O)n2CC)CC1. The Balaban J connectivity index is 2.00. The highest BCUT2D eigenvalue weighted by molar-refractivity contribution is 5.71. The van der Waals surface area contributed by atoms with E-state index in [-0.39, 0.29) is 17.6 Å². The standard InChI is InChI=1S/C16H28N4O4/c1-4-19-15(17-20(16(19)22)10-11-23-3)13-6-8-18(9-7-13)12-14(21)24-5-2/h13H,4-12H2,1-3H3. The number of nitrogens with zero attached hydrogens (tertiary/aromatic N) is 4. The molecule has 8 heteroatoms. The number of carbonyl (C=O) groups is 1. The van der Waals surface area contributed by atoms with Crippen molar-refractivity contribution in [1.82, 2.24) is 19.2 Å². The summed E-state index contributed by atoms with van der Waals surface area (Å²) in [6.45, 7) is 7.70. The van der Waals surface area contributed by atoms with E-state index in [1.54, 1.807) is 11.7 Å². The summed E-state index contributed by atoms with van der Waals surface area (Å²) >= 11 is 0. The maximum Gasteiger partial charge on any atom is 0.345 e. The van der Waals surface area contributed by atoms with Gasteiger partial charge >= 0.3 is 11.7 Å². The minimum Gasteiger partial charge on any atom is -0.465 e. The molecule has 24 heavy (non-hydrogen) atoms. The van der Waals surface area contributed by atoms with E-state index in [2.05, 4.69) is 10.00 Å². The largest absolute Gasteiger partial charge is 0.465 e. The molecule has 0 aromatic carbocycles. The van der Waals surface area contributed by atoms with E-state index >= 15 is 0 Å².